The third kappa shape index (κ3) is 7.50. The summed E-state index contributed by atoms with van der Waals surface area (Å²) >= 11 is 0. The van der Waals surface area contributed by atoms with Crippen LogP contribution >= 0.6 is 0 Å². The van der Waals surface area contributed by atoms with Crippen LogP contribution in [0, 0.1) is 5.41 Å². The van der Waals surface area contributed by atoms with Crippen molar-refractivity contribution in [1.29, 1.82) is 5.41 Å². The van der Waals surface area contributed by atoms with Crippen molar-refractivity contribution < 1.29 is 54.9 Å². The van der Waals surface area contributed by atoms with Crippen molar-refractivity contribution in [3.05, 3.63) is 11.6 Å². The van der Waals surface area contributed by atoms with Crippen LogP contribution in [0.2, 0.25) is 0 Å². The van der Waals surface area contributed by atoms with Gasteiger partial charge in [-0.3, -0.25) is 19.8 Å². The Morgan fingerprint density at radius 1 is 1.12 bits per heavy atom. The van der Waals surface area contributed by atoms with Gasteiger partial charge in [-0.05, 0) is 13.8 Å². The number of nitrogens with zero attached hydrogens (tertiary/aromatic N) is 2. The van der Waals surface area contributed by atoms with Crippen LogP contribution in [0.15, 0.2) is 11.6 Å². The van der Waals surface area contributed by atoms with Gasteiger partial charge in [0.2, 0.25) is 18.1 Å². The molecule has 0 aromatic carbocycles. The molecule has 227 valence electrons. The minimum Gasteiger partial charge on any atom is -0.394 e. The highest BCUT2D eigenvalue weighted by Gasteiger charge is 2.53. The second kappa shape index (κ2) is 14.8. The molecule has 2 fully saturated rings. The molecule has 0 aromatic heterocycles. The summed E-state index contributed by atoms with van der Waals surface area (Å²) in [6.45, 7) is 1.18. The molecule has 1 radical (unpaired) electrons. The van der Waals surface area contributed by atoms with Gasteiger partial charge in [0.25, 0.3) is 0 Å². The summed E-state index contributed by atoms with van der Waals surface area (Å²) < 4.78 is 5.61. The molecule has 17 nitrogen and oxygen atoms in total. The molecule has 3 unspecified atom stereocenters. The van der Waals surface area contributed by atoms with Gasteiger partial charge in [-0.25, -0.2) is 0 Å². The number of rotatable bonds is 13. The standard InChI is InChI=1S/C23H39N6O11/c1-10(2)3-4-28-5-13(29(23(28)25)22-19(37)18(36)17(35)14(9-33)40-22)16(34)15(27-20(38)12(24)8-32)21(39)26-11(6-30)7-31/h3,11-19,22,25,30,32-37H,4-6,8-9,24H2,1-2H3,(H,26,39)(H,27,38)/t11-,12?,13?,14+,15+,16?,17+,18-,19-,22-/m0/s1. The third-order valence-electron chi connectivity index (χ3n) is 6.66. The molecule has 0 aromatic rings. The number of amides is 2. The van der Waals surface area contributed by atoms with Crippen molar-refractivity contribution in [2.24, 2.45) is 5.73 Å². The van der Waals surface area contributed by atoms with Gasteiger partial charge in [-0.2, -0.15) is 0 Å². The molecule has 17 heteroatoms. The van der Waals surface area contributed by atoms with Crippen molar-refractivity contribution in [3.63, 3.8) is 0 Å². The van der Waals surface area contributed by atoms with E-state index in [4.69, 9.17) is 15.9 Å². The largest absolute Gasteiger partial charge is 0.394 e. The fourth-order valence-electron chi connectivity index (χ4n) is 4.31. The van der Waals surface area contributed by atoms with Gasteiger partial charge in [-0.1, -0.05) is 11.6 Å². The number of nitrogens with one attached hydrogen (secondary N) is 3. The van der Waals surface area contributed by atoms with Gasteiger partial charge < -0.3 is 66.6 Å². The van der Waals surface area contributed by atoms with E-state index in [1.54, 1.807) is 6.08 Å². The monoisotopic (exact) mass is 575 g/mol. The lowest BCUT2D eigenvalue weighted by Crippen LogP contribution is -2.68. The third-order valence-corrected chi connectivity index (χ3v) is 6.66. The molecule has 2 rings (SSSR count). The summed E-state index contributed by atoms with van der Waals surface area (Å²) in [6, 6.07) is -6.19. The molecule has 2 aliphatic heterocycles. The van der Waals surface area contributed by atoms with E-state index in [0.29, 0.717) is 0 Å². The predicted octanol–water partition coefficient (Wildman–Crippen LogP) is -6.57. The van der Waals surface area contributed by atoms with Crippen molar-refractivity contribution in [1.82, 2.24) is 20.4 Å². The van der Waals surface area contributed by atoms with Gasteiger partial charge >= 0.3 is 0 Å². The van der Waals surface area contributed by atoms with Gasteiger partial charge in [0, 0.05) is 13.1 Å². The minimum atomic E-state index is -1.91. The first kappa shape index (κ1) is 33.5. The average Bonchev–Trinajstić information content (AvgIpc) is 3.26. The zero-order valence-electron chi connectivity index (χ0n) is 22.1. The lowest BCUT2D eigenvalue weighted by atomic mass is 9.95. The highest BCUT2D eigenvalue weighted by molar-refractivity contribution is 5.91. The smallest absolute Gasteiger partial charge is 0.246 e. The Kier molecular flexibility index (Phi) is 12.4. The maximum Gasteiger partial charge on any atom is 0.246 e. The number of hydrogen-bond donors (Lipinski definition) is 11. The second-order valence-corrected chi connectivity index (χ2v) is 9.83. The first-order valence-electron chi connectivity index (χ1n) is 12.5. The lowest BCUT2D eigenvalue weighted by Gasteiger charge is -2.46. The number of aliphatic hydroxyl groups excluding tert-OH is 7. The van der Waals surface area contributed by atoms with Crippen LogP contribution in [0.5, 0.6) is 0 Å². The Balaban J connectivity index is 2.52. The van der Waals surface area contributed by atoms with E-state index in [-0.39, 0.29) is 19.0 Å². The normalized spacial score (nSPS) is 29.8. The molecule has 40 heavy (non-hydrogen) atoms. The molecule has 2 amide bonds. The number of carbonyl (C=O) groups is 2. The van der Waals surface area contributed by atoms with E-state index >= 15 is 0 Å². The van der Waals surface area contributed by atoms with Gasteiger partial charge in [0.1, 0.15) is 48.6 Å². The van der Waals surface area contributed by atoms with Crippen molar-refractivity contribution in [2.75, 3.05) is 32.9 Å². The number of carbonyl (C=O) groups excluding carboxylic acids is 3. The topological polar surface area (TPSA) is 282 Å². The predicted molar refractivity (Wildman–Crippen MR) is 136 cm³/mol. The Bertz CT molecular complexity index is 933. The summed E-state index contributed by atoms with van der Waals surface area (Å²) in [4.78, 5) is 39.1. The van der Waals surface area contributed by atoms with Crippen LogP contribution in [-0.4, -0.2) is 163 Å². The molecule has 2 saturated heterocycles. The number of nitrogens with two attached hydrogens (primary N) is 1. The van der Waals surface area contributed by atoms with E-state index in [1.807, 2.05) is 13.8 Å². The van der Waals surface area contributed by atoms with Crippen LogP contribution in [-0.2, 0) is 19.1 Å². The van der Waals surface area contributed by atoms with Crippen LogP contribution in [0.1, 0.15) is 13.8 Å². The van der Waals surface area contributed by atoms with E-state index in [0.717, 1.165) is 10.5 Å². The van der Waals surface area contributed by atoms with Crippen LogP contribution in [0.3, 0.4) is 0 Å². The molecule has 2 aliphatic rings. The number of hydrogen-bond acceptors (Lipinski definition) is 13. The summed E-state index contributed by atoms with van der Waals surface area (Å²) in [5, 5.41) is 84.0. The molecule has 0 spiro atoms. The summed E-state index contributed by atoms with van der Waals surface area (Å²) in [5.41, 5.74) is 6.43. The quantitative estimate of drug-likeness (QED) is 0.0911. The number of ether oxygens (including phenoxy) is 1. The molecule has 12 N–H and O–H groups in total. The van der Waals surface area contributed by atoms with Gasteiger partial charge in [0.15, 0.2) is 12.2 Å². The molecule has 0 aliphatic carbocycles. The summed E-state index contributed by atoms with van der Waals surface area (Å²) in [5.74, 6) is -2.51. The second-order valence-electron chi connectivity index (χ2n) is 9.83. The maximum absolute atomic E-state index is 13.1. The van der Waals surface area contributed by atoms with Crippen molar-refractivity contribution >= 4 is 24.1 Å². The van der Waals surface area contributed by atoms with Gasteiger partial charge in [0.05, 0.1) is 25.9 Å². The fraction of sp³-hybridized carbons (Fsp3) is 0.739. The zero-order chi connectivity index (χ0) is 30.3. The zero-order valence-corrected chi connectivity index (χ0v) is 22.1. The summed E-state index contributed by atoms with van der Waals surface area (Å²) in [6.07, 6.45) is -7.09. The SMILES string of the molecule is CC(C)=CCN1CC(C(O)[C@@H](NC(=O)C(N)CO)C(=O)N[C@H]([C]=O)CO)N([C@H]2O[C@H](CO)[C@@H](O)[C@H](O)[C@@H]2O)C1=N. The molecule has 0 bridgehead atoms. The van der Waals surface area contributed by atoms with E-state index in [2.05, 4.69) is 10.6 Å². The average molecular weight is 576 g/mol. The Morgan fingerprint density at radius 3 is 2.30 bits per heavy atom. The van der Waals surface area contributed by atoms with E-state index < -0.39 is 92.6 Å². The Labute approximate surface area is 230 Å². The minimum absolute atomic E-state index is 0.142. The fourth-order valence-corrected chi connectivity index (χ4v) is 4.31. The number of allylic oxidation sites excluding steroid dienone is 1. The summed E-state index contributed by atoms with van der Waals surface area (Å²) in [7, 11) is 0. The van der Waals surface area contributed by atoms with Crippen LogP contribution in [0.25, 0.3) is 0 Å². The molecular weight excluding hydrogens is 536 g/mol. The van der Waals surface area contributed by atoms with Crippen LogP contribution < -0.4 is 16.4 Å². The van der Waals surface area contributed by atoms with Gasteiger partial charge in [-0.15, -0.1) is 0 Å². The van der Waals surface area contributed by atoms with Crippen molar-refractivity contribution in [3.8, 4) is 0 Å². The first-order valence-corrected chi connectivity index (χ1v) is 12.5. The molecular formula is C23H39N6O11. The highest BCUT2D eigenvalue weighted by Crippen LogP contribution is 2.30. The number of aliphatic hydroxyl groups is 7. The Morgan fingerprint density at radius 2 is 1.77 bits per heavy atom. The highest BCUT2D eigenvalue weighted by atomic mass is 16.6. The van der Waals surface area contributed by atoms with Crippen LogP contribution in [0.4, 0.5) is 0 Å². The number of guanidine groups is 1. The Hall–Kier alpha value is -2.74. The molecule has 0 saturated carbocycles. The van der Waals surface area contributed by atoms with E-state index in [1.165, 1.54) is 11.2 Å². The van der Waals surface area contributed by atoms with Crippen molar-refractivity contribution in [2.45, 2.75) is 74.8 Å². The maximum atomic E-state index is 13.1. The lowest BCUT2D eigenvalue weighted by molar-refractivity contribution is -0.260. The first-order chi connectivity index (χ1) is 18.8. The molecule has 10 atom stereocenters. The van der Waals surface area contributed by atoms with E-state index in [9.17, 15) is 50.1 Å². The molecule has 2 heterocycles.